The van der Waals surface area contributed by atoms with Crippen molar-refractivity contribution in [1.82, 2.24) is 29.1 Å². The second kappa shape index (κ2) is 7.27. The summed E-state index contributed by atoms with van der Waals surface area (Å²) in [5.74, 6) is 1.30. The first-order valence-corrected chi connectivity index (χ1v) is 9.96. The van der Waals surface area contributed by atoms with Crippen LogP contribution in [0.25, 0.3) is 22.1 Å². The van der Waals surface area contributed by atoms with E-state index in [2.05, 4.69) is 61.5 Å². The van der Waals surface area contributed by atoms with Crippen LogP contribution in [0.4, 0.5) is 0 Å². The predicted octanol–water partition coefficient (Wildman–Crippen LogP) is 3.58. The number of hydrogen-bond donors (Lipinski definition) is 2. The van der Waals surface area contributed by atoms with E-state index in [-0.39, 0.29) is 22.2 Å². The number of fused-ring (bicyclic) bond motifs is 2. The zero-order valence-electron chi connectivity index (χ0n) is 18.9. The van der Waals surface area contributed by atoms with Gasteiger partial charge in [0.25, 0.3) is 11.1 Å². The Bertz CT molecular complexity index is 1220. The molecule has 160 valence electrons. The maximum atomic E-state index is 11.6. The smallest absolute Gasteiger partial charge is 0.260 e. The molecule has 4 aromatic rings. The minimum absolute atomic E-state index is 0.0605. The van der Waals surface area contributed by atoms with Gasteiger partial charge in [0, 0.05) is 23.5 Å². The molecule has 0 saturated carbocycles. The topological polar surface area (TPSA) is 101 Å². The van der Waals surface area contributed by atoms with Crippen LogP contribution in [0.15, 0.2) is 34.1 Å². The van der Waals surface area contributed by atoms with Crippen LogP contribution in [-0.2, 0) is 11.1 Å². The molecule has 0 spiro atoms. The van der Waals surface area contributed by atoms with E-state index in [9.17, 15) is 9.59 Å². The van der Waals surface area contributed by atoms with Crippen LogP contribution in [0.5, 0.6) is 0 Å². The Morgan fingerprint density at radius 3 is 1.33 bits per heavy atom. The molecular formula is C22H30N6O2. The highest BCUT2D eigenvalue weighted by molar-refractivity contribution is 5.75. The van der Waals surface area contributed by atoms with E-state index in [1.165, 1.54) is 0 Å². The van der Waals surface area contributed by atoms with Gasteiger partial charge in [-0.25, -0.2) is 9.97 Å². The minimum Gasteiger partial charge on any atom is -0.327 e. The summed E-state index contributed by atoms with van der Waals surface area (Å²) in [7, 11) is 0. The Kier molecular flexibility index (Phi) is 5.22. The van der Waals surface area contributed by atoms with Gasteiger partial charge in [-0.3, -0.25) is 9.59 Å². The van der Waals surface area contributed by atoms with Gasteiger partial charge < -0.3 is 19.1 Å². The summed E-state index contributed by atoms with van der Waals surface area (Å²) in [6, 6.07) is 3.62. The van der Waals surface area contributed by atoms with Gasteiger partial charge in [-0.2, -0.15) is 0 Å². The lowest BCUT2D eigenvalue weighted by molar-refractivity contribution is 0.408. The highest BCUT2D eigenvalue weighted by atomic mass is 16.1. The van der Waals surface area contributed by atoms with E-state index in [0.29, 0.717) is 22.4 Å². The Labute approximate surface area is 175 Å². The van der Waals surface area contributed by atoms with Crippen molar-refractivity contribution < 1.29 is 0 Å². The van der Waals surface area contributed by atoms with Crippen LogP contribution >= 0.6 is 0 Å². The quantitative estimate of drug-likeness (QED) is 0.463. The van der Waals surface area contributed by atoms with Gasteiger partial charge in [0.2, 0.25) is 0 Å². The number of H-pyrrole nitrogens is 2. The lowest BCUT2D eigenvalue weighted by Crippen LogP contribution is -2.22. The molecule has 2 N–H and O–H groups in total. The molecule has 8 nitrogen and oxygen atoms in total. The number of nitrogens with one attached hydrogen (secondary N) is 2. The molecule has 0 aliphatic rings. The molecule has 30 heavy (non-hydrogen) atoms. The molecule has 0 unspecified atom stereocenters. The van der Waals surface area contributed by atoms with Crippen molar-refractivity contribution in [1.29, 1.82) is 0 Å². The molecule has 0 radical (unpaired) electrons. The summed E-state index contributed by atoms with van der Waals surface area (Å²) < 4.78 is 4.04. The van der Waals surface area contributed by atoms with Gasteiger partial charge in [-0.05, 0) is 67.5 Å². The molecule has 4 rings (SSSR count). The van der Waals surface area contributed by atoms with Crippen molar-refractivity contribution in [2.75, 3.05) is 0 Å². The normalized spacial score (nSPS) is 12.3. The minimum atomic E-state index is -0.0690. The van der Waals surface area contributed by atoms with Crippen LogP contribution in [0.1, 0.15) is 53.2 Å². The molecule has 4 aromatic heterocycles. The Hall–Kier alpha value is -3.16. The van der Waals surface area contributed by atoms with Crippen LogP contribution in [-0.4, -0.2) is 29.1 Å². The number of rotatable bonds is 0. The first-order chi connectivity index (χ1) is 13.8. The summed E-state index contributed by atoms with van der Waals surface area (Å²) in [6.07, 6.45) is 3.82. The molecule has 8 heteroatoms. The van der Waals surface area contributed by atoms with Crippen molar-refractivity contribution in [2.24, 2.45) is 0 Å². The van der Waals surface area contributed by atoms with Gasteiger partial charge in [0.1, 0.15) is 22.9 Å². The molecule has 0 atom stereocenters. The lowest BCUT2D eigenvalue weighted by Gasteiger charge is -2.21. The van der Waals surface area contributed by atoms with Crippen molar-refractivity contribution in [3.8, 4) is 0 Å². The number of hydrogen-bond acceptors (Lipinski definition) is 4. The zero-order chi connectivity index (χ0) is 22.4. The molecule has 0 aromatic carbocycles. The summed E-state index contributed by atoms with van der Waals surface area (Å²) >= 11 is 0. The molecule has 0 aliphatic heterocycles. The molecular weight excluding hydrogens is 380 g/mol. The molecule has 4 heterocycles. The van der Waals surface area contributed by atoms with Crippen molar-refractivity contribution in [2.45, 2.75) is 66.5 Å². The predicted molar refractivity (Wildman–Crippen MR) is 120 cm³/mol. The van der Waals surface area contributed by atoms with Crippen LogP contribution in [0.3, 0.4) is 0 Å². The van der Waals surface area contributed by atoms with Gasteiger partial charge >= 0.3 is 0 Å². The Morgan fingerprint density at radius 1 is 0.700 bits per heavy atom. The lowest BCUT2D eigenvalue weighted by atomic mass is 10.1. The van der Waals surface area contributed by atoms with E-state index in [1.54, 1.807) is 13.8 Å². The molecule has 0 saturated heterocycles. The Balaban J connectivity index is 0.000000171. The van der Waals surface area contributed by atoms with Crippen molar-refractivity contribution in [3.63, 3.8) is 0 Å². The number of aryl methyl sites for hydroxylation is 2. The molecule has 0 fully saturated rings. The van der Waals surface area contributed by atoms with E-state index in [1.807, 2.05) is 33.7 Å². The van der Waals surface area contributed by atoms with E-state index in [0.717, 1.165) is 11.3 Å². The standard InChI is InChI=1S/2C11H15N3O/c2*1-7-12-9-8(10(15)13-7)5-6-14(9)11(2,3)4/h2*5-6H,1-4H3,(H,12,13,15). The number of aromatic amines is 2. The van der Waals surface area contributed by atoms with Crippen LogP contribution < -0.4 is 11.1 Å². The third-order valence-corrected chi connectivity index (χ3v) is 4.79. The summed E-state index contributed by atoms with van der Waals surface area (Å²) in [6.45, 7) is 16.1. The fourth-order valence-corrected chi connectivity index (χ4v) is 3.35. The van der Waals surface area contributed by atoms with E-state index < -0.39 is 0 Å². The van der Waals surface area contributed by atoms with Gasteiger partial charge in [-0.1, -0.05) is 0 Å². The second-order valence-corrected chi connectivity index (χ2v) is 9.49. The fourth-order valence-electron chi connectivity index (χ4n) is 3.35. The van der Waals surface area contributed by atoms with E-state index >= 15 is 0 Å². The van der Waals surface area contributed by atoms with Crippen molar-refractivity contribution >= 4 is 22.1 Å². The largest absolute Gasteiger partial charge is 0.327 e. The summed E-state index contributed by atoms with van der Waals surface area (Å²) in [5, 5.41) is 1.30. The third-order valence-electron chi connectivity index (χ3n) is 4.79. The summed E-state index contributed by atoms with van der Waals surface area (Å²) in [4.78, 5) is 37.4. The maximum absolute atomic E-state index is 11.6. The fraction of sp³-hybridized carbons (Fsp3) is 0.455. The first-order valence-electron chi connectivity index (χ1n) is 9.96. The molecule has 0 aliphatic carbocycles. The molecule has 0 amide bonds. The van der Waals surface area contributed by atoms with Gasteiger partial charge in [-0.15, -0.1) is 0 Å². The van der Waals surface area contributed by atoms with E-state index in [4.69, 9.17) is 0 Å². The monoisotopic (exact) mass is 410 g/mol. The van der Waals surface area contributed by atoms with Crippen LogP contribution in [0, 0.1) is 13.8 Å². The number of nitrogens with zero attached hydrogens (tertiary/aromatic N) is 4. The van der Waals surface area contributed by atoms with Gasteiger partial charge in [0.15, 0.2) is 0 Å². The SMILES string of the molecule is Cc1nc2c(ccn2C(C)(C)C)c(=O)[nH]1.Cc1nc2c(ccn2C(C)(C)C)c(=O)[nH]1. The average molecular weight is 411 g/mol. The first kappa shape index (κ1) is 21.5. The van der Waals surface area contributed by atoms with Crippen molar-refractivity contribution in [3.05, 3.63) is 56.9 Å². The van der Waals surface area contributed by atoms with Crippen LogP contribution in [0.2, 0.25) is 0 Å². The zero-order valence-corrected chi connectivity index (χ0v) is 18.9. The number of aromatic nitrogens is 6. The average Bonchev–Trinajstić information content (AvgIpc) is 3.18. The van der Waals surface area contributed by atoms with Gasteiger partial charge in [0.05, 0.1) is 10.8 Å². The summed E-state index contributed by atoms with van der Waals surface area (Å²) in [5.41, 5.74) is 1.25. The molecule has 0 bridgehead atoms. The second-order valence-electron chi connectivity index (χ2n) is 9.49. The Morgan fingerprint density at radius 2 is 1.03 bits per heavy atom. The highest BCUT2D eigenvalue weighted by Gasteiger charge is 2.18. The highest BCUT2D eigenvalue weighted by Crippen LogP contribution is 2.21. The maximum Gasteiger partial charge on any atom is 0.260 e. The third kappa shape index (κ3) is 4.08.